The fourth-order valence-electron chi connectivity index (χ4n) is 1.88. The fraction of sp³-hybridized carbons (Fsp3) is 0.125. The Morgan fingerprint density at radius 1 is 1.09 bits per heavy atom. The van der Waals surface area contributed by atoms with Crippen LogP contribution in [0.5, 0.6) is 0 Å². The maximum Gasteiger partial charge on any atom is 0.244 e. The third kappa shape index (κ3) is 4.39. The van der Waals surface area contributed by atoms with Crippen LogP contribution in [0.1, 0.15) is 6.92 Å². The van der Waals surface area contributed by atoms with Gasteiger partial charge in [0.1, 0.15) is 12.4 Å². The number of carbonyl (C=O) groups is 2. The minimum absolute atomic E-state index is 0.117. The highest BCUT2D eigenvalue weighted by Crippen LogP contribution is 2.18. The molecule has 0 unspecified atom stereocenters. The molecule has 2 amide bonds. The second kappa shape index (κ2) is 7.17. The molecule has 1 N–H and O–H groups in total. The van der Waals surface area contributed by atoms with Crippen LogP contribution in [-0.4, -0.2) is 18.4 Å². The zero-order valence-electron chi connectivity index (χ0n) is 11.8. The number of nitrogens with one attached hydrogen (secondary N) is 1. The Hall–Kier alpha value is -2.21. The van der Waals surface area contributed by atoms with Crippen LogP contribution in [0.15, 0.2) is 53.0 Å². The molecule has 0 aromatic heterocycles. The average molecular weight is 365 g/mol. The summed E-state index contributed by atoms with van der Waals surface area (Å²) in [5.41, 5.74) is 1.11. The van der Waals surface area contributed by atoms with E-state index in [1.165, 1.54) is 36.1 Å². The van der Waals surface area contributed by atoms with Gasteiger partial charge in [0.15, 0.2) is 0 Å². The molecule has 0 fully saturated rings. The van der Waals surface area contributed by atoms with Crippen LogP contribution in [-0.2, 0) is 9.59 Å². The number of rotatable bonds is 4. The maximum absolute atomic E-state index is 12.8. The van der Waals surface area contributed by atoms with E-state index in [1.807, 2.05) is 0 Å². The average Bonchev–Trinajstić information content (AvgIpc) is 2.48. The quantitative estimate of drug-likeness (QED) is 0.901. The van der Waals surface area contributed by atoms with E-state index in [0.717, 1.165) is 4.47 Å². The highest BCUT2D eigenvalue weighted by molar-refractivity contribution is 9.10. The van der Waals surface area contributed by atoms with Gasteiger partial charge in [0, 0.05) is 22.8 Å². The summed E-state index contributed by atoms with van der Waals surface area (Å²) in [5, 5.41) is 2.63. The molecule has 2 rings (SSSR count). The molecule has 0 radical (unpaired) electrons. The Morgan fingerprint density at radius 2 is 1.68 bits per heavy atom. The molecule has 0 aliphatic rings. The van der Waals surface area contributed by atoms with Crippen molar-refractivity contribution in [3.63, 3.8) is 0 Å². The van der Waals surface area contributed by atoms with Crippen LogP contribution in [0, 0.1) is 5.82 Å². The van der Waals surface area contributed by atoms with Gasteiger partial charge in [-0.15, -0.1) is 0 Å². The lowest BCUT2D eigenvalue weighted by molar-refractivity contribution is -0.120. The highest BCUT2D eigenvalue weighted by atomic mass is 79.9. The Balaban J connectivity index is 2.07. The van der Waals surface area contributed by atoms with Gasteiger partial charge in [0.2, 0.25) is 11.8 Å². The zero-order valence-corrected chi connectivity index (χ0v) is 13.4. The molecule has 114 valence electrons. The van der Waals surface area contributed by atoms with Crippen LogP contribution in [0.3, 0.4) is 0 Å². The fourth-order valence-corrected chi connectivity index (χ4v) is 2.15. The van der Waals surface area contributed by atoms with E-state index in [2.05, 4.69) is 21.2 Å². The van der Waals surface area contributed by atoms with E-state index in [0.29, 0.717) is 11.4 Å². The Bertz CT molecular complexity index is 672. The number of benzene rings is 2. The summed E-state index contributed by atoms with van der Waals surface area (Å²) in [5.74, 6) is -0.973. The van der Waals surface area contributed by atoms with Crippen LogP contribution in [0.2, 0.25) is 0 Å². The predicted octanol–water partition coefficient (Wildman–Crippen LogP) is 3.58. The highest BCUT2D eigenvalue weighted by Gasteiger charge is 2.15. The molecule has 0 heterocycles. The molecule has 0 saturated carbocycles. The number of hydrogen-bond donors (Lipinski definition) is 1. The zero-order chi connectivity index (χ0) is 16.1. The first kappa shape index (κ1) is 16.2. The number of halogens is 2. The molecule has 4 nitrogen and oxygen atoms in total. The van der Waals surface area contributed by atoms with Crippen molar-refractivity contribution in [3.05, 3.63) is 58.8 Å². The lowest BCUT2D eigenvalue weighted by Crippen LogP contribution is -2.36. The molecule has 0 spiro atoms. The van der Waals surface area contributed by atoms with Gasteiger partial charge in [-0.1, -0.05) is 15.9 Å². The van der Waals surface area contributed by atoms with E-state index in [1.54, 1.807) is 24.3 Å². The van der Waals surface area contributed by atoms with Crippen molar-refractivity contribution in [3.8, 4) is 0 Å². The van der Waals surface area contributed by atoms with Crippen LogP contribution < -0.4 is 10.2 Å². The SMILES string of the molecule is CC(=O)N(CC(=O)Nc1ccc(F)cc1)c1ccc(Br)cc1. The van der Waals surface area contributed by atoms with E-state index < -0.39 is 0 Å². The second-order valence-corrected chi connectivity index (χ2v) is 5.55. The molecule has 2 aromatic carbocycles. The summed E-state index contributed by atoms with van der Waals surface area (Å²) in [7, 11) is 0. The summed E-state index contributed by atoms with van der Waals surface area (Å²) in [6.07, 6.45) is 0. The predicted molar refractivity (Wildman–Crippen MR) is 87.2 cm³/mol. The molecule has 0 aliphatic carbocycles. The van der Waals surface area contributed by atoms with Crippen molar-refractivity contribution in [2.24, 2.45) is 0 Å². The molecule has 0 saturated heterocycles. The van der Waals surface area contributed by atoms with Gasteiger partial charge in [-0.3, -0.25) is 9.59 Å². The number of amides is 2. The topological polar surface area (TPSA) is 49.4 Å². The van der Waals surface area contributed by atoms with Crippen molar-refractivity contribution in [1.82, 2.24) is 0 Å². The molecule has 0 atom stereocenters. The van der Waals surface area contributed by atoms with Gasteiger partial charge in [-0.05, 0) is 48.5 Å². The van der Waals surface area contributed by atoms with Gasteiger partial charge in [-0.2, -0.15) is 0 Å². The van der Waals surface area contributed by atoms with Gasteiger partial charge in [0.25, 0.3) is 0 Å². The standard InChI is InChI=1S/C16H14BrFN2O2/c1-11(21)20(15-8-2-12(17)3-9-15)10-16(22)19-14-6-4-13(18)5-7-14/h2-9H,10H2,1H3,(H,19,22). The first-order chi connectivity index (χ1) is 10.5. The largest absolute Gasteiger partial charge is 0.325 e. The Labute approximate surface area is 136 Å². The van der Waals surface area contributed by atoms with Gasteiger partial charge < -0.3 is 10.2 Å². The Kier molecular flexibility index (Phi) is 5.27. The van der Waals surface area contributed by atoms with E-state index >= 15 is 0 Å². The van der Waals surface area contributed by atoms with Crippen molar-refractivity contribution in [2.45, 2.75) is 6.92 Å². The third-order valence-corrected chi connectivity index (χ3v) is 3.48. The molecular formula is C16H14BrFN2O2. The van der Waals surface area contributed by atoms with Crippen molar-refractivity contribution >= 4 is 39.1 Å². The molecule has 22 heavy (non-hydrogen) atoms. The Morgan fingerprint density at radius 3 is 2.23 bits per heavy atom. The first-order valence-electron chi connectivity index (χ1n) is 6.55. The van der Waals surface area contributed by atoms with Crippen LogP contribution in [0.4, 0.5) is 15.8 Å². The number of nitrogens with zero attached hydrogens (tertiary/aromatic N) is 1. The summed E-state index contributed by atoms with van der Waals surface area (Å²) in [4.78, 5) is 25.2. The molecule has 0 aliphatic heterocycles. The number of hydrogen-bond acceptors (Lipinski definition) is 2. The second-order valence-electron chi connectivity index (χ2n) is 4.64. The summed E-state index contributed by atoms with van der Waals surface area (Å²) in [6, 6.07) is 12.5. The minimum Gasteiger partial charge on any atom is -0.325 e. The summed E-state index contributed by atoms with van der Waals surface area (Å²) in [6.45, 7) is 1.28. The molecule has 6 heteroatoms. The lowest BCUT2D eigenvalue weighted by Gasteiger charge is -2.20. The van der Waals surface area contributed by atoms with E-state index in [-0.39, 0.29) is 24.2 Å². The summed E-state index contributed by atoms with van der Waals surface area (Å²) >= 11 is 3.32. The minimum atomic E-state index is -0.377. The van der Waals surface area contributed by atoms with Gasteiger partial charge in [0.05, 0.1) is 0 Å². The van der Waals surface area contributed by atoms with Crippen LogP contribution >= 0.6 is 15.9 Å². The lowest BCUT2D eigenvalue weighted by atomic mass is 10.2. The monoisotopic (exact) mass is 364 g/mol. The number of anilines is 2. The van der Waals surface area contributed by atoms with E-state index in [4.69, 9.17) is 0 Å². The van der Waals surface area contributed by atoms with Crippen LogP contribution in [0.25, 0.3) is 0 Å². The van der Waals surface area contributed by atoms with Crippen molar-refractivity contribution < 1.29 is 14.0 Å². The normalized spacial score (nSPS) is 10.1. The molecule has 2 aromatic rings. The number of carbonyl (C=O) groups excluding carboxylic acids is 2. The van der Waals surface area contributed by atoms with Crippen molar-refractivity contribution in [2.75, 3.05) is 16.8 Å². The van der Waals surface area contributed by atoms with Gasteiger partial charge >= 0.3 is 0 Å². The first-order valence-corrected chi connectivity index (χ1v) is 7.34. The molecular weight excluding hydrogens is 351 g/mol. The third-order valence-electron chi connectivity index (χ3n) is 2.95. The van der Waals surface area contributed by atoms with Gasteiger partial charge in [-0.25, -0.2) is 4.39 Å². The van der Waals surface area contributed by atoms with Crippen molar-refractivity contribution in [1.29, 1.82) is 0 Å². The van der Waals surface area contributed by atoms with E-state index in [9.17, 15) is 14.0 Å². The smallest absolute Gasteiger partial charge is 0.244 e. The summed E-state index contributed by atoms with van der Waals surface area (Å²) < 4.78 is 13.7. The molecule has 0 bridgehead atoms. The maximum atomic E-state index is 12.8.